The standard InChI is InChI=1S/C23H32N4O11/c28-18(24-10-23(37)38-16-17-4-2-1-3-5-17)11-26(13-20(31)32)8-6-25(12-19(29)30)7-9-27(14-21(33)34)15-22(35)36/h1-5H,6-16H2,(H,24,28)(H,29,30)(H,31,32)(H,33,34)(H,35,36). The molecule has 0 aliphatic rings. The van der Waals surface area contributed by atoms with Crippen LogP contribution >= 0.6 is 0 Å². The highest BCUT2D eigenvalue weighted by Crippen LogP contribution is 2.01. The van der Waals surface area contributed by atoms with Gasteiger partial charge in [0.15, 0.2) is 0 Å². The molecule has 0 unspecified atom stereocenters. The van der Waals surface area contributed by atoms with Crippen molar-refractivity contribution in [3.63, 3.8) is 0 Å². The van der Waals surface area contributed by atoms with E-state index in [2.05, 4.69) is 5.32 Å². The third-order valence-electron chi connectivity index (χ3n) is 4.94. The average Bonchev–Trinajstić information content (AvgIpc) is 2.82. The van der Waals surface area contributed by atoms with Crippen molar-refractivity contribution in [1.82, 2.24) is 20.0 Å². The van der Waals surface area contributed by atoms with Crippen molar-refractivity contribution >= 4 is 35.8 Å². The van der Waals surface area contributed by atoms with Gasteiger partial charge in [0.25, 0.3) is 0 Å². The van der Waals surface area contributed by atoms with Crippen LogP contribution in [-0.4, -0.2) is 136 Å². The molecule has 5 N–H and O–H groups in total. The lowest BCUT2D eigenvalue weighted by Crippen LogP contribution is -2.47. The minimum atomic E-state index is -1.25. The number of carbonyl (C=O) groups is 6. The number of nitrogens with one attached hydrogen (secondary N) is 1. The van der Waals surface area contributed by atoms with Crippen LogP contribution in [-0.2, 0) is 40.1 Å². The smallest absolute Gasteiger partial charge is 0.325 e. The van der Waals surface area contributed by atoms with Crippen LogP contribution in [0.25, 0.3) is 0 Å². The Balaban J connectivity index is 2.62. The average molecular weight is 541 g/mol. The van der Waals surface area contributed by atoms with Gasteiger partial charge in [-0.25, -0.2) is 0 Å². The molecule has 0 fully saturated rings. The molecule has 1 aromatic carbocycles. The number of benzene rings is 1. The molecule has 0 atom stereocenters. The Kier molecular flexibility index (Phi) is 14.6. The normalized spacial score (nSPS) is 10.9. The third kappa shape index (κ3) is 15.8. The van der Waals surface area contributed by atoms with Crippen LogP contribution in [0.3, 0.4) is 0 Å². The maximum Gasteiger partial charge on any atom is 0.325 e. The summed E-state index contributed by atoms with van der Waals surface area (Å²) in [5.41, 5.74) is 0.764. The van der Waals surface area contributed by atoms with Crippen molar-refractivity contribution in [2.24, 2.45) is 0 Å². The first-order valence-corrected chi connectivity index (χ1v) is 11.4. The number of carbonyl (C=O) groups excluding carboxylic acids is 2. The van der Waals surface area contributed by atoms with Gasteiger partial charge in [-0.05, 0) is 5.56 Å². The molecular weight excluding hydrogens is 508 g/mol. The molecule has 0 spiro atoms. The van der Waals surface area contributed by atoms with E-state index < -0.39 is 75.0 Å². The van der Waals surface area contributed by atoms with Gasteiger partial charge in [0, 0.05) is 26.2 Å². The number of carboxylic acid groups (broad SMARTS) is 4. The number of aliphatic carboxylic acids is 4. The molecule has 1 rings (SSSR count). The van der Waals surface area contributed by atoms with E-state index in [0.717, 1.165) is 10.5 Å². The highest BCUT2D eigenvalue weighted by atomic mass is 16.5. The lowest BCUT2D eigenvalue weighted by molar-refractivity contribution is -0.145. The lowest BCUT2D eigenvalue weighted by atomic mass is 10.2. The van der Waals surface area contributed by atoms with Crippen molar-refractivity contribution in [1.29, 1.82) is 0 Å². The molecule has 0 heterocycles. The predicted octanol–water partition coefficient (Wildman–Crippen LogP) is -1.91. The summed E-state index contributed by atoms with van der Waals surface area (Å²) in [5.74, 6) is -6.28. The largest absolute Gasteiger partial charge is 0.480 e. The molecule has 210 valence electrons. The number of hydrogen-bond donors (Lipinski definition) is 5. The Morgan fingerprint density at radius 2 is 1.05 bits per heavy atom. The molecule has 38 heavy (non-hydrogen) atoms. The second-order valence-corrected chi connectivity index (χ2v) is 8.20. The number of hydrogen-bond acceptors (Lipinski definition) is 10. The molecule has 0 saturated carbocycles. The monoisotopic (exact) mass is 540 g/mol. The number of carboxylic acids is 4. The molecule has 0 aliphatic heterocycles. The molecule has 0 radical (unpaired) electrons. The number of nitrogens with zero attached hydrogens (tertiary/aromatic N) is 3. The van der Waals surface area contributed by atoms with Gasteiger partial charge in [-0.1, -0.05) is 30.3 Å². The van der Waals surface area contributed by atoms with Crippen LogP contribution < -0.4 is 5.32 Å². The minimum absolute atomic E-state index is 0.0139. The minimum Gasteiger partial charge on any atom is -0.480 e. The number of esters is 1. The molecule has 1 amide bonds. The summed E-state index contributed by atoms with van der Waals surface area (Å²) in [6.45, 7) is -3.11. The molecule has 0 saturated heterocycles. The van der Waals surface area contributed by atoms with Gasteiger partial charge >= 0.3 is 29.8 Å². The van der Waals surface area contributed by atoms with E-state index in [0.29, 0.717) is 0 Å². The molecule has 15 nitrogen and oxygen atoms in total. The van der Waals surface area contributed by atoms with Crippen molar-refractivity contribution in [2.45, 2.75) is 6.61 Å². The van der Waals surface area contributed by atoms with E-state index in [-0.39, 0.29) is 32.8 Å². The maximum absolute atomic E-state index is 12.3. The number of ether oxygens (including phenoxy) is 1. The first kappa shape index (κ1) is 31.9. The summed E-state index contributed by atoms with van der Waals surface area (Å²) in [6.07, 6.45) is 0. The SMILES string of the molecule is O=C(O)CN(CCN(CC(=O)O)CC(=O)O)CCN(CC(=O)O)CC(=O)NCC(=O)OCc1ccccc1. The second-order valence-electron chi connectivity index (χ2n) is 8.20. The van der Waals surface area contributed by atoms with E-state index in [1.54, 1.807) is 24.3 Å². The van der Waals surface area contributed by atoms with Crippen LogP contribution in [0.5, 0.6) is 0 Å². The van der Waals surface area contributed by atoms with Gasteiger partial charge < -0.3 is 30.5 Å². The Labute approximate surface area is 218 Å². The van der Waals surface area contributed by atoms with E-state index in [1.165, 1.54) is 9.80 Å². The Bertz CT molecular complexity index is 942. The fourth-order valence-electron chi connectivity index (χ4n) is 3.25. The lowest BCUT2D eigenvalue weighted by Gasteiger charge is -2.27. The van der Waals surface area contributed by atoms with Crippen molar-refractivity contribution in [3.8, 4) is 0 Å². The summed E-state index contributed by atoms with van der Waals surface area (Å²) >= 11 is 0. The van der Waals surface area contributed by atoms with Gasteiger partial charge in [-0.15, -0.1) is 0 Å². The molecule has 15 heteroatoms. The quantitative estimate of drug-likeness (QED) is 0.114. The molecule has 0 bridgehead atoms. The molecule has 0 aromatic heterocycles. The van der Waals surface area contributed by atoms with Crippen LogP contribution in [0, 0.1) is 0 Å². The van der Waals surface area contributed by atoms with Gasteiger partial charge in [0.2, 0.25) is 5.91 Å². The summed E-state index contributed by atoms with van der Waals surface area (Å²) in [6, 6.07) is 8.89. The Morgan fingerprint density at radius 3 is 1.53 bits per heavy atom. The van der Waals surface area contributed by atoms with Crippen LogP contribution in [0.4, 0.5) is 0 Å². The zero-order valence-electron chi connectivity index (χ0n) is 20.7. The first-order valence-electron chi connectivity index (χ1n) is 11.4. The summed E-state index contributed by atoms with van der Waals surface area (Å²) in [7, 11) is 0. The van der Waals surface area contributed by atoms with Crippen LogP contribution in [0.2, 0.25) is 0 Å². The van der Waals surface area contributed by atoms with Crippen LogP contribution in [0.15, 0.2) is 30.3 Å². The summed E-state index contributed by atoms with van der Waals surface area (Å²) < 4.78 is 5.06. The van der Waals surface area contributed by atoms with E-state index in [9.17, 15) is 39.0 Å². The highest BCUT2D eigenvalue weighted by molar-refractivity contribution is 5.83. The van der Waals surface area contributed by atoms with Gasteiger partial charge in [0.05, 0.1) is 32.7 Å². The van der Waals surface area contributed by atoms with Crippen molar-refractivity contribution < 1.29 is 53.9 Å². The van der Waals surface area contributed by atoms with Gasteiger partial charge in [0.1, 0.15) is 13.2 Å². The Morgan fingerprint density at radius 1 is 0.632 bits per heavy atom. The Hall–Kier alpha value is -4.08. The number of rotatable bonds is 20. The highest BCUT2D eigenvalue weighted by Gasteiger charge is 2.20. The van der Waals surface area contributed by atoms with E-state index >= 15 is 0 Å². The number of amides is 1. The van der Waals surface area contributed by atoms with Crippen molar-refractivity contribution in [2.75, 3.05) is 65.4 Å². The zero-order chi connectivity index (χ0) is 28.5. The zero-order valence-corrected chi connectivity index (χ0v) is 20.7. The first-order chi connectivity index (χ1) is 17.9. The summed E-state index contributed by atoms with van der Waals surface area (Å²) in [4.78, 5) is 72.3. The molecule has 1 aromatic rings. The van der Waals surface area contributed by atoms with Gasteiger partial charge in [-0.3, -0.25) is 43.5 Å². The predicted molar refractivity (Wildman–Crippen MR) is 129 cm³/mol. The third-order valence-corrected chi connectivity index (χ3v) is 4.94. The maximum atomic E-state index is 12.3. The van der Waals surface area contributed by atoms with E-state index in [1.807, 2.05) is 6.07 Å². The van der Waals surface area contributed by atoms with Crippen molar-refractivity contribution in [3.05, 3.63) is 35.9 Å². The summed E-state index contributed by atoms with van der Waals surface area (Å²) in [5, 5.41) is 38.6. The molecule has 0 aliphatic carbocycles. The van der Waals surface area contributed by atoms with E-state index in [4.69, 9.17) is 14.9 Å². The fourth-order valence-corrected chi connectivity index (χ4v) is 3.25. The molecular formula is C23H32N4O11. The topological polar surface area (TPSA) is 214 Å². The van der Waals surface area contributed by atoms with Crippen LogP contribution in [0.1, 0.15) is 5.56 Å². The fraction of sp³-hybridized carbons (Fsp3) is 0.478. The van der Waals surface area contributed by atoms with Gasteiger partial charge in [-0.2, -0.15) is 0 Å². The second kappa shape index (κ2) is 17.4.